The Morgan fingerprint density at radius 1 is 1.29 bits per heavy atom. The van der Waals surface area contributed by atoms with E-state index in [0.29, 0.717) is 13.0 Å². The van der Waals surface area contributed by atoms with Gasteiger partial charge in [-0.15, -0.1) is 11.3 Å². The van der Waals surface area contributed by atoms with Gasteiger partial charge in [0.1, 0.15) is 0 Å². The lowest BCUT2D eigenvalue weighted by Crippen LogP contribution is -2.26. The third-order valence-corrected chi connectivity index (χ3v) is 5.15. The highest BCUT2D eigenvalue weighted by Gasteiger charge is 2.18. The minimum absolute atomic E-state index is 0.0161. The van der Waals surface area contributed by atoms with Gasteiger partial charge in [-0.25, -0.2) is 23.1 Å². The molecule has 2 heterocycles. The maximum Gasteiger partial charge on any atom is 0.258 e. The van der Waals surface area contributed by atoms with Crippen LogP contribution in [0.4, 0.5) is 0 Å². The van der Waals surface area contributed by atoms with Crippen LogP contribution in [0.2, 0.25) is 0 Å². The predicted octanol–water partition coefficient (Wildman–Crippen LogP) is 2.36. The first-order valence-electron chi connectivity index (χ1n) is 6.64. The van der Waals surface area contributed by atoms with Crippen LogP contribution >= 0.6 is 11.3 Å². The molecule has 0 saturated carbocycles. The summed E-state index contributed by atoms with van der Waals surface area (Å²) in [5.41, 5.74) is 1.05. The van der Waals surface area contributed by atoms with Crippen molar-refractivity contribution in [1.29, 1.82) is 0 Å². The van der Waals surface area contributed by atoms with Crippen LogP contribution in [0.1, 0.15) is 31.5 Å². The van der Waals surface area contributed by atoms with E-state index in [4.69, 9.17) is 0 Å². The minimum atomic E-state index is -3.54. The average molecular weight is 325 g/mol. The fourth-order valence-corrected chi connectivity index (χ4v) is 3.64. The van der Waals surface area contributed by atoms with Gasteiger partial charge in [0, 0.05) is 30.0 Å². The average Bonchev–Trinajstić information content (AvgIpc) is 2.88. The fraction of sp³-hybridized carbons (Fsp3) is 0.429. The van der Waals surface area contributed by atoms with Crippen molar-refractivity contribution in [1.82, 2.24) is 14.7 Å². The van der Waals surface area contributed by atoms with Gasteiger partial charge in [-0.1, -0.05) is 26.8 Å². The number of sulfonamides is 1. The summed E-state index contributed by atoms with van der Waals surface area (Å²) in [7, 11) is -3.54. The number of rotatable bonds is 5. The lowest BCUT2D eigenvalue weighted by molar-refractivity contribution is 0.568. The van der Waals surface area contributed by atoms with Crippen molar-refractivity contribution < 1.29 is 8.42 Å². The summed E-state index contributed by atoms with van der Waals surface area (Å²) in [6, 6.07) is 4.81. The molecule has 0 atom stereocenters. The zero-order valence-corrected chi connectivity index (χ0v) is 14.0. The molecule has 114 valence electrons. The molecule has 7 heteroatoms. The van der Waals surface area contributed by atoms with E-state index in [1.165, 1.54) is 12.3 Å². The van der Waals surface area contributed by atoms with Crippen molar-refractivity contribution in [2.45, 2.75) is 37.6 Å². The molecule has 0 aromatic carbocycles. The smallest absolute Gasteiger partial charge is 0.246 e. The third kappa shape index (κ3) is 4.33. The van der Waals surface area contributed by atoms with Crippen LogP contribution in [0.15, 0.2) is 34.8 Å². The zero-order valence-electron chi connectivity index (χ0n) is 12.3. The van der Waals surface area contributed by atoms with Gasteiger partial charge in [-0.05, 0) is 12.1 Å². The number of hydrogen-bond donors (Lipinski definition) is 1. The molecule has 0 saturated heterocycles. The van der Waals surface area contributed by atoms with E-state index in [1.807, 2.05) is 5.38 Å². The Morgan fingerprint density at radius 3 is 2.62 bits per heavy atom. The Balaban J connectivity index is 1.94. The molecule has 0 bridgehead atoms. The molecular weight excluding hydrogens is 306 g/mol. The molecule has 0 amide bonds. The Hall–Kier alpha value is -1.31. The highest BCUT2D eigenvalue weighted by Crippen LogP contribution is 2.23. The number of pyridine rings is 1. The molecule has 21 heavy (non-hydrogen) atoms. The number of aromatic nitrogens is 2. The summed E-state index contributed by atoms with van der Waals surface area (Å²) in [6.45, 7) is 6.64. The molecule has 0 radical (unpaired) electrons. The minimum Gasteiger partial charge on any atom is -0.246 e. The molecule has 0 aliphatic rings. The van der Waals surface area contributed by atoms with E-state index in [1.54, 1.807) is 23.5 Å². The number of thiazole rings is 1. The van der Waals surface area contributed by atoms with Gasteiger partial charge in [0.2, 0.25) is 0 Å². The molecular formula is C14H19N3O2S2. The van der Waals surface area contributed by atoms with Crippen molar-refractivity contribution in [3.63, 3.8) is 0 Å². The molecule has 0 unspecified atom stereocenters. The van der Waals surface area contributed by atoms with Gasteiger partial charge in [-0.2, -0.15) is 0 Å². The highest BCUT2D eigenvalue weighted by molar-refractivity contribution is 7.89. The Labute approximate surface area is 129 Å². The topological polar surface area (TPSA) is 72.0 Å². The molecule has 2 aromatic heterocycles. The first-order chi connectivity index (χ1) is 9.79. The van der Waals surface area contributed by atoms with Gasteiger partial charge in [0.15, 0.2) is 5.03 Å². The van der Waals surface area contributed by atoms with Crippen molar-refractivity contribution in [3.8, 4) is 0 Å². The monoisotopic (exact) mass is 325 g/mol. The van der Waals surface area contributed by atoms with E-state index in [2.05, 4.69) is 35.5 Å². The second-order valence-corrected chi connectivity index (χ2v) is 8.35. The maximum absolute atomic E-state index is 12.0. The second kappa shape index (κ2) is 6.21. The SMILES string of the molecule is CC(C)(C)c1csc(CCNS(=O)(=O)c2ccccn2)n1. The van der Waals surface area contributed by atoms with Gasteiger partial charge in [0.25, 0.3) is 10.0 Å². The van der Waals surface area contributed by atoms with Crippen molar-refractivity contribution in [2.24, 2.45) is 0 Å². The number of nitrogens with one attached hydrogen (secondary N) is 1. The molecule has 0 aliphatic carbocycles. The van der Waals surface area contributed by atoms with Crippen LogP contribution in [0.5, 0.6) is 0 Å². The molecule has 2 rings (SSSR count). The third-order valence-electron chi connectivity index (χ3n) is 2.86. The maximum atomic E-state index is 12.0. The van der Waals surface area contributed by atoms with Crippen molar-refractivity contribution in [2.75, 3.05) is 6.54 Å². The molecule has 0 fully saturated rings. The van der Waals surface area contributed by atoms with Gasteiger partial charge in [0.05, 0.1) is 10.7 Å². The molecule has 0 spiro atoms. The van der Waals surface area contributed by atoms with Gasteiger partial charge >= 0.3 is 0 Å². The molecule has 2 aromatic rings. The van der Waals surface area contributed by atoms with Crippen LogP contribution in [-0.2, 0) is 21.9 Å². The Bertz CT molecular complexity index is 689. The van der Waals surface area contributed by atoms with Crippen molar-refractivity contribution in [3.05, 3.63) is 40.5 Å². The summed E-state index contributed by atoms with van der Waals surface area (Å²) in [5.74, 6) is 0. The van der Waals surface area contributed by atoms with Crippen LogP contribution in [0, 0.1) is 0 Å². The van der Waals surface area contributed by atoms with Crippen LogP contribution in [0.25, 0.3) is 0 Å². The van der Waals surface area contributed by atoms with Gasteiger partial charge in [-0.3, -0.25) is 0 Å². The highest BCUT2D eigenvalue weighted by atomic mass is 32.2. The summed E-state index contributed by atoms with van der Waals surface area (Å²) in [6.07, 6.45) is 2.04. The molecule has 5 nitrogen and oxygen atoms in total. The van der Waals surface area contributed by atoms with Crippen LogP contribution in [0.3, 0.4) is 0 Å². The standard InChI is InChI=1S/C14H19N3O2S2/c1-14(2,3)11-10-20-12(17-11)7-9-16-21(18,19)13-6-4-5-8-15-13/h4-6,8,10,16H,7,9H2,1-3H3. The molecule has 0 aliphatic heterocycles. The van der Waals surface area contributed by atoms with Gasteiger partial charge < -0.3 is 0 Å². The fourth-order valence-electron chi connectivity index (χ4n) is 1.64. The Morgan fingerprint density at radius 2 is 2.05 bits per heavy atom. The summed E-state index contributed by atoms with van der Waals surface area (Å²) >= 11 is 1.56. The summed E-state index contributed by atoms with van der Waals surface area (Å²) < 4.78 is 26.5. The number of hydrogen-bond acceptors (Lipinski definition) is 5. The normalized spacial score (nSPS) is 12.5. The van der Waals surface area contributed by atoms with E-state index in [9.17, 15) is 8.42 Å². The van der Waals surface area contributed by atoms with Crippen LogP contribution in [-0.4, -0.2) is 24.9 Å². The Kier molecular flexibility index (Phi) is 4.75. The first kappa shape index (κ1) is 16.1. The number of nitrogens with zero attached hydrogens (tertiary/aromatic N) is 2. The van der Waals surface area contributed by atoms with Crippen molar-refractivity contribution >= 4 is 21.4 Å². The second-order valence-electron chi connectivity index (χ2n) is 5.69. The first-order valence-corrected chi connectivity index (χ1v) is 9.01. The quantitative estimate of drug-likeness (QED) is 0.916. The lowest BCUT2D eigenvalue weighted by atomic mass is 9.93. The van der Waals surface area contributed by atoms with E-state index < -0.39 is 10.0 Å². The van der Waals surface area contributed by atoms with E-state index in [0.717, 1.165) is 10.7 Å². The van der Waals surface area contributed by atoms with E-state index >= 15 is 0 Å². The largest absolute Gasteiger partial charge is 0.258 e. The van der Waals surface area contributed by atoms with Crippen LogP contribution < -0.4 is 4.72 Å². The summed E-state index contributed by atoms with van der Waals surface area (Å²) in [5, 5.41) is 3.01. The lowest BCUT2D eigenvalue weighted by Gasteiger charge is -2.14. The summed E-state index contributed by atoms with van der Waals surface area (Å²) in [4.78, 5) is 8.39. The van der Waals surface area contributed by atoms with E-state index in [-0.39, 0.29) is 10.4 Å². The predicted molar refractivity (Wildman–Crippen MR) is 83.9 cm³/mol. The molecule has 1 N–H and O–H groups in total. The zero-order chi connectivity index (χ0) is 15.5.